The molecule has 3 heterocycles. The smallest absolute Gasteiger partial charge is 0.340 e. The van der Waals surface area contributed by atoms with E-state index < -0.39 is 73.4 Å². The van der Waals surface area contributed by atoms with Gasteiger partial charge in [0.1, 0.15) is 28.4 Å². The molecule has 0 aliphatic carbocycles. The first-order valence-corrected chi connectivity index (χ1v) is 17.5. The third kappa shape index (κ3) is 7.60. The number of nitrogens with one attached hydrogen (secondary N) is 1. The van der Waals surface area contributed by atoms with Gasteiger partial charge in [0.25, 0.3) is 0 Å². The highest BCUT2D eigenvalue weighted by Gasteiger charge is 2.65. The molecule has 2 aromatic heterocycles. The number of aromatic nitrogens is 3. The first-order valence-electron chi connectivity index (χ1n) is 11.6. The second kappa shape index (κ2) is 10.3. The minimum Gasteiger partial charge on any atom is -0.387 e. The molecule has 0 radical (unpaired) electrons. The van der Waals surface area contributed by atoms with Gasteiger partial charge in [-0.3, -0.25) is 9.13 Å². The summed E-state index contributed by atoms with van der Waals surface area (Å²) >= 11 is 6.15. The molecular formula is C20H24ClF5N4O9P2S. The van der Waals surface area contributed by atoms with E-state index in [1.165, 1.54) is 19.2 Å². The number of anilines is 1. The Morgan fingerprint density at radius 3 is 2.31 bits per heavy atom. The maximum Gasteiger partial charge on any atom is 0.340 e. The molecule has 42 heavy (non-hydrogen) atoms. The molecule has 236 valence electrons. The summed E-state index contributed by atoms with van der Waals surface area (Å²) in [6.07, 6.45) is -5.01. The van der Waals surface area contributed by atoms with Crippen LogP contribution in [0.5, 0.6) is 0 Å². The molecule has 0 bridgehead atoms. The van der Waals surface area contributed by atoms with E-state index in [4.69, 9.17) is 26.1 Å². The molecule has 1 aromatic carbocycles. The Balaban J connectivity index is 1.55. The highest BCUT2D eigenvalue weighted by molar-refractivity contribution is 8.45. The van der Waals surface area contributed by atoms with E-state index in [-0.39, 0.29) is 39.6 Å². The largest absolute Gasteiger partial charge is 0.387 e. The van der Waals surface area contributed by atoms with Gasteiger partial charge in [-0.25, -0.2) is 9.67 Å². The molecule has 1 saturated heterocycles. The van der Waals surface area contributed by atoms with Gasteiger partial charge >= 0.3 is 25.4 Å². The third-order valence-corrected chi connectivity index (χ3v) is 10.9. The van der Waals surface area contributed by atoms with Crippen molar-refractivity contribution in [1.29, 1.82) is 0 Å². The van der Waals surface area contributed by atoms with Crippen molar-refractivity contribution in [2.75, 3.05) is 17.8 Å². The molecule has 22 heteroatoms. The summed E-state index contributed by atoms with van der Waals surface area (Å²) in [5.74, 6) is -1.48. The van der Waals surface area contributed by atoms with Crippen LogP contribution in [0.3, 0.4) is 0 Å². The molecule has 6 N–H and O–H groups in total. The molecule has 1 aliphatic rings. The first kappa shape index (κ1) is 33.0. The molecular weight excluding hydrogens is 665 g/mol. The van der Waals surface area contributed by atoms with E-state index >= 15 is 0 Å². The van der Waals surface area contributed by atoms with Gasteiger partial charge < -0.3 is 39.5 Å². The van der Waals surface area contributed by atoms with Crippen molar-refractivity contribution in [2.45, 2.75) is 42.4 Å². The number of nitrogens with zero attached hydrogens (tertiary/aromatic N) is 3. The van der Waals surface area contributed by atoms with E-state index in [2.05, 4.69) is 19.9 Å². The topological polar surface area (TPSA) is 196 Å². The summed E-state index contributed by atoms with van der Waals surface area (Å²) in [5, 5.41) is 28.2. The van der Waals surface area contributed by atoms with Crippen LogP contribution in [0.4, 0.5) is 25.1 Å². The highest BCUT2D eigenvalue weighted by Crippen LogP contribution is 3.02. The lowest BCUT2D eigenvalue weighted by atomic mass is 10.1. The standard InChI is InChI=1S/C20H24ClF5N4O9P2S/c1-10(11-2-4-12(5-3-11)42(22,23,24,25)26)28-14-6-16(21)29-19-13(14)7-27-30(19)20-18(32)17(31)15(39-20)8-38-41(36,37)9-40(33,34)35/h2-7,10,15,17-18,20,31-32H,8-9H2,1H3,(H,28,29)(H,36,37)(H2,33,34,35)/t10-,15-,17+,18?,20-/m1/s1. The fraction of sp³-hybridized carbons (Fsp3) is 0.400. The van der Waals surface area contributed by atoms with E-state index in [1.807, 2.05) is 0 Å². The van der Waals surface area contributed by atoms with Crippen molar-refractivity contribution >= 4 is 53.7 Å². The number of rotatable bonds is 10. The predicted octanol–water partition coefficient (Wildman–Crippen LogP) is 4.87. The molecule has 1 fully saturated rings. The number of aliphatic hydroxyl groups is 2. The third-order valence-electron chi connectivity index (χ3n) is 6.11. The van der Waals surface area contributed by atoms with Gasteiger partial charge in [-0.15, -0.1) is 0 Å². The number of fused-ring (bicyclic) bond motifs is 1. The fourth-order valence-electron chi connectivity index (χ4n) is 4.16. The lowest BCUT2D eigenvalue weighted by Crippen LogP contribution is -2.33. The van der Waals surface area contributed by atoms with Crippen LogP contribution < -0.4 is 5.32 Å². The second-order valence-corrected chi connectivity index (χ2v) is 16.3. The van der Waals surface area contributed by atoms with Crippen LogP contribution in [-0.2, 0) is 18.4 Å². The molecule has 3 aromatic rings. The molecule has 13 nitrogen and oxygen atoms in total. The number of halogens is 6. The van der Waals surface area contributed by atoms with Crippen LogP contribution in [-0.4, -0.2) is 70.5 Å². The van der Waals surface area contributed by atoms with E-state index in [0.717, 1.165) is 16.8 Å². The van der Waals surface area contributed by atoms with Crippen molar-refractivity contribution in [3.05, 3.63) is 47.2 Å². The summed E-state index contributed by atoms with van der Waals surface area (Å²) in [4.78, 5) is 29.6. The molecule has 0 spiro atoms. The minimum absolute atomic E-state index is 0.000564. The van der Waals surface area contributed by atoms with Gasteiger partial charge in [0.2, 0.25) is 0 Å². The SMILES string of the molecule is C[C@@H](Nc1cc(Cl)nc2c1cnn2[C@@H]1O[C@H](COP(=O)(O)CP(=O)(O)O)[C@H](O)C1O)c1ccc(S(F)(F)(F)(F)F)cc1. The Morgan fingerprint density at radius 2 is 1.74 bits per heavy atom. The van der Waals surface area contributed by atoms with Crippen molar-refractivity contribution in [2.24, 2.45) is 0 Å². The average Bonchev–Trinajstić information content (AvgIpc) is 3.35. The molecule has 2 unspecified atom stereocenters. The van der Waals surface area contributed by atoms with Crippen molar-refractivity contribution < 1.29 is 62.7 Å². The Hall–Kier alpha value is -1.89. The van der Waals surface area contributed by atoms with Crippen molar-refractivity contribution in [1.82, 2.24) is 14.8 Å². The number of benzene rings is 1. The number of hydrogen-bond donors (Lipinski definition) is 6. The molecule has 0 saturated carbocycles. The molecule has 0 amide bonds. The Bertz CT molecular complexity index is 1600. The first-order chi connectivity index (χ1) is 18.9. The molecule has 6 atom stereocenters. The van der Waals surface area contributed by atoms with Crippen LogP contribution >= 0.6 is 37.0 Å². The van der Waals surface area contributed by atoms with Crippen LogP contribution in [0.15, 0.2) is 41.4 Å². The lowest BCUT2D eigenvalue weighted by Gasteiger charge is -2.40. The van der Waals surface area contributed by atoms with E-state index in [1.54, 1.807) is 0 Å². The van der Waals surface area contributed by atoms with E-state index in [9.17, 15) is 43.7 Å². The quantitative estimate of drug-likeness (QED) is 0.0962. The zero-order chi connectivity index (χ0) is 31.5. The second-order valence-electron chi connectivity index (χ2n) is 9.51. The minimum atomic E-state index is -9.85. The van der Waals surface area contributed by atoms with Gasteiger partial charge in [0, 0.05) is 6.04 Å². The van der Waals surface area contributed by atoms with Crippen LogP contribution in [0.1, 0.15) is 24.8 Å². The average molecular weight is 689 g/mol. The van der Waals surface area contributed by atoms with Crippen molar-refractivity contribution in [3.63, 3.8) is 0 Å². The highest BCUT2D eigenvalue weighted by atomic mass is 35.5. The van der Waals surface area contributed by atoms with Crippen LogP contribution in [0.25, 0.3) is 11.0 Å². The van der Waals surface area contributed by atoms with Crippen LogP contribution in [0, 0.1) is 0 Å². The fourth-order valence-corrected chi connectivity index (χ4v) is 7.56. The maximum atomic E-state index is 13.1. The summed E-state index contributed by atoms with van der Waals surface area (Å²) in [6, 6.07) is 2.98. The number of hydrogen-bond acceptors (Lipinski definition) is 9. The van der Waals surface area contributed by atoms with Gasteiger partial charge in [0.15, 0.2) is 17.8 Å². The summed E-state index contributed by atoms with van der Waals surface area (Å²) in [6.45, 7) is 0.706. The summed E-state index contributed by atoms with van der Waals surface area (Å²) in [7, 11) is -19.5. The molecule has 1 aliphatic heterocycles. The monoisotopic (exact) mass is 688 g/mol. The maximum absolute atomic E-state index is 13.1. The van der Waals surface area contributed by atoms with Crippen molar-refractivity contribution in [3.8, 4) is 0 Å². The Labute approximate surface area is 238 Å². The summed E-state index contributed by atoms with van der Waals surface area (Å²) in [5.41, 5.74) is 0.474. The van der Waals surface area contributed by atoms with Gasteiger partial charge in [-0.2, -0.15) is 5.10 Å². The number of ether oxygens (including phenoxy) is 1. The Morgan fingerprint density at radius 1 is 1.12 bits per heavy atom. The lowest BCUT2D eigenvalue weighted by molar-refractivity contribution is -0.0541. The predicted molar refractivity (Wildman–Crippen MR) is 141 cm³/mol. The summed E-state index contributed by atoms with van der Waals surface area (Å²) < 4.78 is 99.5. The van der Waals surface area contributed by atoms with Gasteiger partial charge in [-0.1, -0.05) is 43.2 Å². The van der Waals surface area contributed by atoms with E-state index in [0.29, 0.717) is 0 Å². The van der Waals surface area contributed by atoms with Gasteiger partial charge in [0.05, 0.1) is 23.9 Å². The van der Waals surface area contributed by atoms with Crippen LogP contribution in [0.2, 0.25) is 5.15 Å². The zero-order valence-electron chi connectivity index (χ0n) is 21.0. The Kier molecular flexibility index (Phi) is 8.13. The number of pyridine rings is 1. The zero-order valence-corrected chi connectivity index (χ0v) is 24.4. The normalized spacial score (nSPS) is 25.5. The molecule has 4 rings (SSSR count). The number of aliphatic hydroxyl groups excluding tert-OH is 2. The van der Waals surface area contributed by atoms with Gasteiger partial charge in [-0.05, 0) is 30.7 Å².